The lowest BCUT2D eigenvalue weighted by atomic mass is 10.1. The van der Waals surface area contributed by atoms with Crippen molar-refractivity contribution in [3.05, 3.63) is 35.1 Å². The molecular formula is C15H20FNO3. The van der Waals surface area contributed by atoms with E-state index in [1.807, 2.05) is 11.9 Å². The Kier molecular flexibility index (Phi) is 4.73. The molecule has 0 saturated heterocycles. The highest BCUT2D eigenvalue weighted by molar-refractivity contribution is 5.89. The first-order valence-corrected chi connectivity index (χ1v) is 6.74. The summed E-state index contributed by atoms with van der Waals surface area (Å²) < 4.78 is 18.4. The van der Waals surface area contributed by atoms with Crippen LogP contribution in [0.5, 0.6) is 0 Å². The molecule has 4 nitrogen and oxygen atoms in total. The number of nitrogens with zero attached hydrogens (tertiary/aromatic N) is 1. The smallest absolute Gasteiger partial charge is 0.337 e. The normalized spacial score (nSPS) is 16.2. The molecule has 0 spiro atoms. The largest absolute Gasteiger partial charge is 0.465 e. The zero-order chi connectivity index (χ0) is 14.7. The first-order chi connectivity index (χ1) is 9.51. The zero-order valence-electron chi connectivity index (χ0n) is 11.8. The van der Waals surface area contributed by atoms with Crippen molar-refractivity contribution >= 4 is 5.97 Å². The first-order valence-electron chi connectivity index (χ1n) is 6.74. The van der Waals surface area contributed by atoms with Gasteiger partial charge >= 0.3 is 5.97 Å². The number of hydrogen-bond acceptors (Lipinski definition) is 4. The third kappa shape index (κ3) is 3.77. The van der Waals surface area contributed by atoms with Gasteiger partial charge in [0.15, 0.2) is 0 Å². The summed E-state index contributed by atoms with van der Waals surface area (Å²) in [7, 11) is 3.12. The number of aliphatic hydroxyl groups is 1. The fourth-order valence-corrected chi connectivity index (χ4v) is 2.25. The molecule has 1 aliphatic rings. The number of rotatable bonds is 6. The van der Waals surface area contributed by atoms with Crippen LogP contribution in [0.2, 0.25) is 0 Å². The van der Waals surface area contributed by atoms with Gasteiger partial charge in [-0.05, 0) is 44.0 Å². The molecule has 110 valence electrons. The monoisotopic (exact) mass is 281 g/mol. The average molecular weight is 281 g/mol. The van der Waals surface area contributed by atoms with E-state index in [0.717, 1.165) is 12.8 Å². The Balaban J connectivity index is 2.01. The van der Waals surface area contributed by atoms with Crippen LogP contribution >= 0.6 is 0 Å². The molecule has 1 aliphatic carbocycles. The van der Waals surface area contributed by atoms with Crippen LogP contribution in [-0.4, -0.2) is 42.8 Å². The van der Waals surface area contributed by atoms with Crippen molar-refractivity contribution in [2.24, 2.45) is 5.92 Å². The average Bonchev–Trinajstić information content (AvgIpc) is 3.24. The summed E-state index contributed by atoms with van der Waals surface area (Å²) in [5.41, 5.74) is 0.762. The van der Waals surface area contributed by atoms with Gasteiger partial charge in [-0.15, -0.1) is 0 Å². The second kappa shape index (κ2) is 6.33. The molecule has 0 aromatic heterocycles. The number of likely N-dealkylation sites (N-methyl/N-ethyl adjacent to an activating group) is 1. The number of ether oxygens (including phenoxy) is 1. The molecule has 1 aromatic carbocycles. The van der Waals surface area contributed by atoms with E-state index >= 15 is 0 Å². The number of benzene rings is 1. The minimum atomic E-state index is -0.480. The van der Waals surface area contributed by atoms with Gasteiger partial charge in [0.05, 0.1) is 18.8 Å². The zero-order valence-corrected chi connectivity index (χ0v) is 11.8. The molecule has 0 aliphatic heterocycles. The number of halogens is 1. The van der Waals surface area contributed by atoms with Crippen LogP contribution < -0.4 is 0 Å². The van der Waals surface area contributed by atoms with Gasteiger partial charge in [-0.3, -0.25) is 4.90 Å². The van der Waals surface area contributed by atoms with E-state index in [0.29, 0.717) is 30.1 Å². The van der Waals surface area contributed by atoms with Gasteiger partial charge in [0.1, 0.15) is 5.82 Å². The quantitative estimate of drug-likeness (QED) is 0.808. The van der Waals surface area contributed by atoms with Crippen LogP contribution in [0.15, 0.2) is 18.2 Å². The number of hydrogen-bond donors (Lipinski definition) is 1. The standard InChI is InChI=1S/C15H20FNO3/c1-17(9-14(18)10-3-4-10)8-12-7-11(15(19)20-2)5-6-13(12)16/h5-7,10,14,18H,3-4,8-9H2,1-2H3. The van der Waals surface area contributed by atoms with Crippen molar-refractivity contribution < 1.29 is 19.0 Å². The predicted octanol–water partition coefficient (Wildman–Crippen LogP) is 1.81. The fourth-order valence-electron chi connectivity index (χ4n) is 2.25. The number of methoxy groups -OCH3 is 1. The maximum atomic E-state index is 13.8. The number of carbonyl (C=O) groups is 1. The van der Waals surface area contributed by atoms with Gasteiger partial charge in [-0.1, -0.05) is 0 Å². The Hall–Kier alpha value is -1.46. The highest BCUT2D eigenvalue weighted by Gasteiger charge is 2.30. The number of esters is 1. The van der Waals surface area contributed by atoms with Crippen LogP contribution in [0, 0.1) is 11.7 Å². The summed E-state index contributed by atoms with van der Waals surface area (Å²) in [5.74, 6) is -0.443. The van der Waals surface area contributed by atoms with Crippen LogP contribution in [0.25, 0.3) is 0 Å². The van der Waals surface area contributed by atoms with Crippen molar-refractivity contribution in [1.29, 1.82) is 0 Å². The lowest BCUT2D eigenvalue weighted by Gasteiger charge is -2.20. The van der Waals surface area contributed by atoms with E-state index in [-0.39, 0.29) is 11.9 Å². The van der Waals surface area contributed by atoms with E-state index in [1.54, 1.807) is 0 Å². The fraction of sp³-hybridized carbons (Fsp3) is 0.533. The first kappa shape index (κ1) is 14.9. The summed E-state index contributed by atoms with van der Waals surface area (Å²) in [6.45, 7) is 0.854. The molecule has 5 heteroatoms. The number of aliphatic hydroxyl groups excluding tert-OH is 1. The van der Waals surface area contributed by atoms with Crippen molar-refractivity contribution in [2.45, 2.75) is 25.5 Å². The van der Waals surface area contributed by atoms with E-state index in [1.165, 1.54) is 25.3 Å². The van der Waals surface area contributed by atoms with E-state index in [9.17, 15) is 14.3 Å². The molecule has 1 aromatic rings. The summed E-state index contributed by atoms with van der Waals surface area (Å²) in [4.78, 5) is 13.3. The Morgan fingerprint density at radius 2 is 2.25 bits per heavy atom. The maximum absolute atomic E-state index is 13.8. The Morgan fingerprint density at radius 3 is 2.85 bits per heavy atom. The summed E-state index contributed by atoms with van der Waals surface area (Å²) in [6.07, 6.45) is 1.79. The molecule has 1 saturated carbocycles. The molecule has 20 heavy (non-hydrogen) atoms. The molecular weight excluding hydrogens is 261 g/mol. The highest BCUT2D eigenvalue weighted by atomic mass is 19.1. The third-order valence-corrected chi connectivity index (χ3v) is 3.57. The lowest BCUT2D eigenvalue weighted by molar-refractivity contribution is 0.0600. The van der Waals surface area contributed by atoms with Crippen molar-refractivity contribution in [3.63, 3.8) is 0 Å². The maximum Gasteiger partial charge on any atom is 0.337 e. The van der Waals surface area contributed by atoms with Crippen LogP contribution in [0.4, 0.5) is 4.39 Å². The van der Waals surface area contributed by atoms with Crippen molar-refractivity contribution in [3.8, 4) is 0 Å². The molecule has 0 bridgehead atoms. The molecule has 1 N–H and O–H groups in total. The van der Waals surface area contributed by atoms with Gasteiger partial charge in [-0.25, -0.2) is 9.18 Å². The minimum Gasteiger partial charge on any atom is -0.465 e. The molecule has 2 rings (SSSR count). The Bertz CT molecular complexity index is 488. The number of carbonyl (C=O) groups excluding carboxylic acids is 1. The van der Waals surface area contributed by atoms with Gasteiger partial charge in [0.2, 0.25) is 0 Å². The van der Waals surface area contributed by atoms with Crippen LogP contribution in [0.1, 0.15) is 28.8 Å². The lowest BCUT2D eigenvalue weighted by Crippen LogP contribution is -2.30. The molecule has 0 radical (unpaired) electrons. The van der Waals surface area contributed by atoms with Gasteiger partial charge in [-0.2, -0.15) is 0 Å². The van der Waals surface area contributed by atoms with Gasteiger partial charge < -0.3 is 9.84 Å². The van der Waals surface area contributed by atoms with Crippen LogP contribution in [0.3, 0.4) is 0 Å². The topological polar surface area (TPSA) is 49.8 Å². The van der Waals surface area contributed by atoms with E-state index < -0.39 is 5.97 Å². The second-order valence-electron chi connectivity index (χ2n) is 5.40. The molecule has 0 amide bonds. The van der Waals surface area contributed by atoms with Crippen molar-refractivity contribution in [2.75, 3.05) is 20.7 Å². The highest BCUT2D eigenvalue weighted by Crippen LogP contribution is 2.32. The SMILES string of the molecule is COC(=O)c1ccc(F)c(CN(C)CC(O)C2CC2)c1. The van der Waals surface area contributed by atoms with Gasteiger partial charge in [0.25, 0.3) is 0 Å². The van der Waals surface area contributed by atoms with E-state index in [4.69, 9.17) is 0 Å². The third-order valence-electron chi connectivity index (χ3n) is 3.57. The Labute approximate surface area is 118 Å². The summed E-state index contributed by atoms with van der Waals surface area (Å²) in [6, 6.07) is 4.18. The van der Waals surface area contributed by atoms with Crippen molar-refractivity contribution in [1.82, 2.24) is 4.90 Å². The molecule has 0 heterocycles. The summed E-state index contributed by atoms with van der Waals surface area (Å²) in [5, 5.41) is 9.88. The van der Waals surface area contributed by atoms with Crippen LogP contribution in [-0.2, 0) is 11.3 Å². The second-order valence-corrected chi connectivity index (χ2v) is 5.40. The molecule has 1 fully saturated rings. The Morgan fingerprint density at radius 1 is 1.55 bits per heavy atom. The molecule has 1 atom stereocenters. The van der Waals surface area contributed by atoms with Gasteiger partial charge in [0, 0.05) is 18.7 Å². The molecule has 1 unspecified atom stereocenters. The summed E-state index contributed by atoms with van der Waals surface area (Å²) >= 11 is 0. The van der Waals surface area contributed by atoms with E-state index in [2.05, 4.69) is 4.74 Å². The predicted molar refractivity (Wildman–Crippen MR) is 72.8 cm³/mol. The minimum absolute atomic E-state index is 0.333.